The van der Waals surface area contributed by atoms with Crippen LogP contribution in [0, 0.1) is 0 Å². The summed E-state index contributed by atoms with van der Waals surface area (Å²) in [5.41, 5.74) is 15.3. The van der Waals surface area contributed by atoms with E-state index in [1.807, 2.05) is 0 Å². The van der Waals surface area contributed by atoms with Crippen LogP contribution in [0.1, 0.15) is 0 Å². The maximum atomic E-state index is 5.09. The van der Waals surface area contributed by atoms with Gasteiger partial charge >= 0.3 is 9.53 Å². The molecule has 0 aliphatic heterocycles. The Balaban J connectivity index is 3.63. The van der Waals surface area contributed by atoms with Crippen LogP contribution in [0.5, 0.6) is 0 Å². The van der Waals surface area contributed by atoms with Crippen LogP contribution in [-0.4, -0.2) is 29.7 Å². The molecule has 0 bridgehead atoms. The van der Waals surface area contributed by atoms with Gasteiger partial charge in [-0.25, -0.2) is 0 Å². The summed E-state index contributed by atoms with van der Waals surface area (Å²) in [7, 11) is 0.985. The zero-order valence-corrected chi connectivity index (χ0v) is 6.96. The third-order valence-electron chi connectivity index (χ3n) is 0.593. The highest BCUT2D eigenvalue weighted by atomic mass is 28.3. The maximum absolute atomic E-state index is 5.09. The number of nitrogens with two attached hydrogens (primary N) is 3. The second-order valence-electron chi connectivity index (χ2n) is 1.61. The molecule has 0 rings (SSSR count). The molecule has 7 heteroatoms. The van der Waals surface area contributed by atoms with Crippen molar-refractivity contribution < 1.29 is 13.3 Å². The van der Waals surface area contributed by atoms with E-state index in [0.717, 1.165) is 0 Å². The third kappa shape index (κ3) is 4.82. The van der Waals surface area contributed by atoms with Crippen LogP contribution in [-0.2, 0) is 13.3 Å². The van der Waals surface area contributed by atoms with Gasteiger partial charge in [-0.15, -0.1) is 0 Å². The first-order valence-electron chi connectivity index (χ1n) is 2.50. The fourth-order valence-corrected chi connectivity index (χ4v) is 0.933. The second kappa shape index (κ2) is 3.98. The van der Waals surface area contributed by atoms with Gasteiger partial charge in [0.2, 0.25) is 5.97 Å². The summed E-state index contributed by atoms with van der Waals surface area (Å²) in [6.45, 7) is 0. The van der Waals surface area contributed by atoms with Crippen molar-refractivity contribution in [1.82, 2.24) is 0 Å². The van der Waals surface area contributed by atoms with Gasteiger partial charge in [0.25, 0.3) is 0 Å². The molecule has 0 unspecified atom stereocenters. The van der Waals surface area contributed by atoms with Crippen LogP contribution in [0.2, 0.25) is 0 Å². The Bertz CT molecular complexity index is 91.5. The van der Waals surface area contributed by atoms with Gasteiger partial charge in [-0.05, 0) is 0 Å². The molecule has 0 aromatic heterocycles. The minimum atomic E-state index is -1.86. The zero-order valence-electron chi connectivity index (χ0n) is 5.96. The third-order valence-corrected chi connectivity index (χ3v) is 1.78. The summed E-state index contributed by atoms with van der Waals surface area (Å²) >= 11 is 0. The summed E-state index contributed by atoms with van der Waals surface area (Å²) in [6.07, 6.45) is 0. The van der Waals surface area contributed by atoms with E-state index in [-0.39, 0.29) is 0 Å². The summed E-state index contributed by atoms with van der Waals surface area (Å²) < 4.78 is 14.1. The molecule has 6 N–H and O–H groups in total. The van der Waals surface area contributed by atoms with E-state index in [1.54, 1.807) is 0 Å². The molecular weight excluding hydrogens is 154 g/mol. The van der Waals surface area contributed by atoms with Crippen molar-refractivity contribution in [1.29, 1.82) is 0 Å². The average Bonchev–Trinajstić information content (AvgIpc) is 1.81. The molecule has 10 heavy (non-hydrogen) atoms. The van der Waals surface area contributed by atoms with E-state index in [4.69, 9.17) is 30.5 Å². The lowest BCUT2D eigenvalue weighted by Gasteiger charge is -2.21. The Kier molecular flexibility index (Phi) is 3.97. The summed E-state index contributed by atoms with van der Waals surface area (Å²) in [6, 6.07) is 0. The van der Waals surface area contributed by atoms with Crippen LogP contribution in [0.25, 0.3) is 0 Å². The molecule has 6 nitrogen and oxygen atoms in total. The van der Waals surface area contributed by atoms with Gasteiger partial charge in [0.05, 0.1) is 0 Å². The minimum absolute atomic E-state index is 1.42. The van der Waals surface area contributed by atoms with Crippen LogP contribution < -0.4 is 17.2 Å². The molecule has 0 aromatic rings. The van der Waals surface area contributed by atoms with Gasteiger partial charge in [-0.3, -0.25) is 17.2 Å². The van der Waals surface area contributed by atoms with Gasteiger partial charge in [-0.1, -0.05) is 0 Å². The van der Waals surface area contributed by atoms with E-state index >= 15 is 0 Å². The van der Waals surface area contributed by atoms with Gasteiger partial charge in [-0.2, -0.15) is 0 Å². The average molecular weight is 166 g/mol. The molecule has 0 fully saturated rings. The van der Waals surface area contributed by atoms with Crippen molar-refractivity contribution in [3.8, 4) is 0 Å². The van der Waals surface area contributed by atoms with Crippen molar-refractivity contribution in [3.63, 3.8) is 0 Å². The molecule has 0 aromatic carbocycles. The van der Waals surface area contributed by atoms with Crippen molar-refractivity contribution in [3.05, 3.63) is 0 Å². The fourth-order valence-electron chi connectivity index (χ4n) is 0.311. The van der Waals surface area contributed by atoms with Crippen LogP contribution in [0.15, 0.2) is 0 Å². The van der Waals surface area contributed by atoms with E-state index in [2.05, 4.69) is 0 Å². The predicted octanol–water partition coefficient (Wildman–Crippen LogP) is -2.23. The highest BCUT2D eigenvalue weighted by Gasteiger charge is 2.25. The largest absolute Gasteiger partial charge is 0.580 e. The molecule has 0 heterocycles. The quantitative estimate of drug-likeness (QED) is 0.322. The molecule has 0 aliphatic rings. The molecule has 0 atom stereocenters. The molecule has 0 amide bonds. The topological polar surface area (TPSA) is 106 Å². The fraction of sp³-hybridized carbons (Fsp3) is 1.00. The second-order valence-corrected chi connectivity index (χ2v) is 3.13. The van der Waals surface area contributed by atoms with Crippen molar-refractivity contribution >= 4 is 9.53 Å². The first kappa shape index (κ1) is 9.98. The van der Waals surface area contributed by atoms with Gasteiger partial charge in [0.15, 0.2) is 0 Å². The highest BCUT2D eigenvalue weighted by molar-refractivity contribution is 6.36. The van der Waals surface area contributed by atoms with E-state index in [9.17, 15) is 0 Å². The molecule has 61 valence electrons. The Morgan fingerprint density at radius 2 is 1.50 bits per heavy atom. The Labute approximate surface area is 61.2 Å². The van der Waals surface area contributed by atoms with Crippen LogP contribution >= 0.6 is 0 Å². The van der Waals surface area contributed by atoms with Crippen molar-refractivity contribution in [2.45, 2.75) is 5.97 Å². The zero-order chi connectivity index (χ0) is 8.20. The first-order chi connectivity index (χ1) is 4.49. The predicted molar refractivity (Wildman–Crippen MR) is 36.2 cm³/mol. The molecule has 0 saturated heterocycles. The lowest BCUT2D eigenvalue weighted by molar-refractivity contribution is 0.0172. The molecule has 1 radical (unpaired) electrons. The van der Waals surface area contributed by atoms with E-state index in [0.29, 0.717) is 0 Å². The normalized spacial score (nSPS) is 12.6. The van der Waals surface area contributed by atoms with Crippen LogP contribution in [0.4, 0.5) is 0 Å². The molecule has 0 spiro atoms. The number of hydrogen-bond acceptors (Lipinski definition) is 6. The van der Waals surface area contributed by atoms with E-state index < -0.39 is 15.5 Å². The summed E-state index contributed by atoms with van der Waals surface area (Å²) in [5, 5.41) is 0. The van der Waals surface area contributed by atoms with E-state index in [1.165, 1.54) is 14.2 Å². The smallest absolute Gasteiger partial charge is 0.374 e. The Hall–Kier alpha value is -0.0231. The van der Waals surface area contributed by atoms with Gasteiger partial charge in [0.1, 0.15) is 0 Å². The summed E-state index contributed by atoms with van der Waals surface area (Å²) in [4.78, 5) is 0. The van der Waals surface area contributed by atoms with Crippen molar-refractivity contribution in [2.24, 2.45) is 17.2 Å². The number of rotatable bonds is 4. The van der Waals surface area contributed by atoms with Crippen molar-refractivity contribution in [2.75, 3.05) is 14.2 Å². The SMILES string of the molecule is CO[Si](OC)OC(N)(N)N. The van der Waals surface area contributed by atoms with Gasteiger partial charge < -0.3 is 13.3 Å². The molecule has 0 aliphatic carbocycles. The Morgan fingerprint density at radius 1 is 1.10 bits per heavy atom. The minimum Gasteiger partial charge on any atom is -0.374 e. The number of hydrogen-bond donors (Lipinski definition) is 3. The molecular formula is C3H12N3O3Si. The standard InChI is InChI=1S/C3H12N3O3Si/c1-7-10(8-2)9-3(4,5)6/h4-6H2,1-2H3. The monoisotopic (exact) mass is 166 g/mol. The Morgan fingerprint density at radius 3 is 1.60 bits per heavy atom. The van der Waals surface area contributed by atoms with Gasteiger partial charge in [0, 0.05) is 14.2 Å². The first-order valence-corrected chi connectivity index (χ1v) is 3.72. The lowest BCUT2D eigenvalue weighted by atomic mass is 10.9. The van der Waals surface area contributed by atoms with Crippen LogP contribution in [0.3, 0.4) is 0 Å². The lowest BCUT2D eigenvalue weighted by Crippen LogP contribution is -2.63. The molecule has 0 saturated carbocycles. The highest BCUT2D eigenvalue weighted by Crippen LogP contribution is 1.91. The summed E-state index contributed by atoms with van der Waals surface area (Å²) in [5.74, 6) is -1.68. The maximum Gasteiger partial charge on any atom is 0.580 e.